The Kier molecular flexibility index (Phi) is 7.23. The van der Waals surface area contributed by atoms with E-state index in [0.29, 0.717) is 0 Å². The molecule has 0 radical (unpaired) electrons. The first-order valence-corrected chi connectivity index (χ1v) is 12.7. The fourth-order valence-electron chi connectivity index (χ4n) is 3.64. The van der Waals surface area contributed by atoms with Crippen molar-refractivity contribution in [3.05, 3.63) is 72.8 Å². The number of rotatable bonds is 9. The Hall–Kier alpha value is -1.84. The molecule has 3 aromatic carbocycles. The van der Waals surface area contributed by atoms with Gasteiger partial charge in [0.25, 0.3) is 0 Å². The first kappa shape index (κ1) is 20.4. The molecule has 4 rings (SSSR count). The SMILES string of the molecule is CCCCCCCCOc1ccc([S+]2c3ccccc3Sc3ccccc32)cc1. The molecule has 3 heteroatoms. The van der Waals surface area contributed by atoms with Crippen LogP contribution in [0.5, 0.6) is 5.75 Å². The van der Waals surface area contributed by atoms with Gasteiger partial charge in [-0.15, -0.1) is 0 Å². The van der Waals surface area contributed by atoms with Crippen LogP contribution >= 0.6 is 11.8 Å². The van der Waals surface area contributed by atoms with Crippen molar-refractivity contribution in [2.75, 3.05) is 6.61 Å². The van der Waals surface area contributed by atoms with Crippen molar-refractivity contribution in [3.63, 3.8) is 0 Å². The zero-order valence-corrected chi connectivity index (χ0v) is 18.7. The third-order valence-corrected chi connectivity index (χ3v) is 8.93. The summed E-state index contributed by atoms with van der Waals surface area (Å²) in [6.07, 6.45) is 7.76. The van der Waals surface area contributed by atoms with Crippen LogP contribution in [0.25, 0.3) is 0 Å². The van der Waals surface area contributed by atoms with E-state index in [-0.39, 0.29) is 10.9 Å². The normalized spacial score (nSPS) is 13.0. The van der Waals surface area contributed by atoms with E-state index in [9.17, 15) is 0 Å². The molecule has 0 saturated carbocycles. The molecule has 0 saturated heterocycles. The zero-order chi connectivity index (χ0) is 19.9. The molecule has 3 aromatic rings. The van der Waals surface area contributed by atoms with Crippen LogP contribution < -0.4 is 4.74 Å². The van der Waals surface area contributed by atoms with Crippen LogP contribution in [-0.4, -0.2) is 6.61 Å². The topological polar surface area (TPSA) is 9.23 Å². The van der Waals surface area contributed by atoms with E-state index in [4.69, 9.17) is 4.74 Å². The number of hydrogen-bond donors (Lipinski definition) is 0. The van der Waals surface area contributed by atoms with Gasteiger partial charge in [-0.05, 0) is 55.0 Å². The number of unbranched alkanes of at least 4 members (excludes halogenated alkanes) is 5. The van der Waals surface area contributed by atoms with Crippen molar-refractivity contribution in [2.45, 2.75) is 69.9 Å². The Morgan fingerprint density at radius 1 is 0.690 bits per heavy atom. The molecular formula is C26H29OS2+. The third kappa shape index (κ3) is 5.02. The highest BCUT2D eigenvalue weighted by Gasteiger charge is 2.37. The summed E-state index contributed by atoms with van der Waals surface area (Å²) >= 11 is 1.89. The maximum Gasteiger partial charge on any atom is 0.180 e. The summed E-state index contributed by atoms with van der Waals surface area (Å²) in [7, 11) is -0.0547. The first-order valence-electron chi connectivity index (χ1n) is 10.7. The van der Waals surface area contributed by atoms with Crippen LogP contribution in [0.4, 0.5) is 0 Å². The Labute approximate surface area is 182 Å². The lowest BCUT2D eigenvalue weighted by atomic mass is 10.1. The lowest BCUT2D eigenvalue weighted by Gasteiger charge is -2.18. The van der Waals surface area contributed by atoms with E-state index < -0.39 is 0 Å². The van der Waals surface area contributed by atoms with Gasteiger partial charge in [-0.2, -0.15) is 0 Å². The summed E-state index contributed by atoms with van der Waals surface area (Å²) < 4.78 is 5.99. The van der Waals surface area contributed by atoms with Gasteiger partial charge in [-0.3, -0.25) is 0 Å². The molecule has 150 valence electrons. The van der Waals surface area contributed by atoms with Gasteiger partial charge in [0, 0.05) is 0 Å². The minimum Gasteiger partial charge on any atom is -0.494 e. The third-order valence-electron chi connectivity index (χ3n) is 5.18. The lowest BCUT2D eigenvalue weighted by molar-refractivity contribution is 0.304. The highest BCUT2D eigenvalue weighted by molar-refractivity contribution is 8.04. The van der Waals surface area contributed by atoms with Gasteiger partial charge < -0.3 is 4.74 Å². The second kappa shape index (κ2) is 10.3. The molecule has 0 aromatic heterocycles. The molecule has 1 aliphatic heterocycles. The second-order valence-corrected chi connectivity index (χ2v) is 10.4. The Bertz CT molecular complexity index is 875. The molecule has 0 spiro atoms. The van der Waals surface area contributed by atoms with Gasteiger partial charge in [0.15, 0.2) is 14.7 Å². The van der Waals surface area contributed by atoms with E-state index in [1.807, 2.05) is 11.8 Å². The van der Waals surface area contributed by atoms with E-state index >= 15 is 0 Å². The van der Waals surface area contributed by atoms with Gasteiger partial charge in [-0.1, -0.05) is 75.1 Å². The van der Waals surface area contributed by atoms with E-state index in [1.54, 1.807) is 0 Å². The second-order valence-electron chi connectivity index (χ2n) is 7.39. The van der Waals surface area contributed by atoms with Crippen molar-refractivity contribution in [2.24, 2.45) is 0 Å². The van der Waals surface area contributed by atoms with Crippen molar-refractivity contribution >= 4 is 22.7 Å². The quantitative estimate of drug-likeness (QED) is 0.200. The van der Waals surface area contributed by atoms with Gasteiger partial charge in [0.1, 0.15) is 16.6 Å². The molecule has 0 amide bonds. The molecule has 29 heavy (non-hydrogen) atoms. The van der Waals surface area contributed by atoms with E-state index in [0.717, 1.165) is 18.8 Å². The monoisotopic (exact) mass is 421 g/mol. The van der Waals surface area contributed by atoms with Crippen LogP contribution in [0.15, 0.2) is 97.3 Å². The van der Waals surface area contributed by atoms with Crippen molar-refractivity contribution < 1.29 is 4.74 Å². The molecule has 0 aliphatic carbocycles. The molecule has 0 bridgehead atoms. The lowest BCUT2D eigenvalue weighted by Crippen LogP contribution is -2.10. The molecule has 0 atom stereocenters. The Morgan fingerprint density at radius 2 is 1.28 bits per heavy atom. The summed E-state index contributed by atoms with van der Waals surface area (Å²) in [6, 6.07) is 26.4. The summed E-state index contributed by atoms with van der Waals surface area (Å²) in [5, 5.41) is 0. The molecular weight excluding hydrogens is 392 g/mol. The minimum atomic E-state index is -0.0547. The van der Waals surface area contributed by atoms with Gasteiger partial charge in [-0.25, -0.2) is 0 Å². The van der Waals surface area contributed by atoms with Crippen LogP contribution in [0.2, 0.25) is 0 Å². The Balaban J connectivity index is 1.44. The smallest absolute Gasteiger partial charge is 0.180 e. The minimum absolute atomic E-state index is 0.0547. The van der Waals surface area contributed by atoms with Crippen LogP contribution in [0.1, 0.15) is 45.4 Å². The number of hydrogen-bond acceptors (Lipinski definition) is 2. The molecule has 0 N–H and O–H groups in total. The molecule has 1 aliphatic rings. The van der Waals surface area contributed by atoms with Crippen molar-refractivity contribution in [3.8, 4) is 5.75 Å². The first-order chi connectivity index (χ1) is 14.4. The number of fused-ring (bicyclic) bond motifs is 2. The van der Waals surface area contributed by atoms with Gasteiger partial charge >= 0.3 is 0 Å². The van der Waals surface area contributed by atoms with Crippen LogP contribution in [0, 0.1) is 0 Å². The fraction of sp³-hybridized carbons (Fsp3) is 0.308. The standard InChI is InChI=1S/C26H29OS2/c1-2-3-4-5-6-11-20-27-21-16-18-22(19-17-21)29-25-14-9-7-12-23(25)28-24-13-8-10-15-26(24)29/h7-10,12-19H,2-6,11,20H2,1H3/q+1. The summed E-state index contributed by atoms with van der Waals surface area (Å²) in [4.78, 5) is 6.96. The fourth-order valence-corrected chi connectivity index (χ4v) is 7.38. The van der Waals surface area contributed by atoms with E-state index in [1.165, 1.54) is 56.6 Å². The molecule has 0 fully saturated rings. The maximum absolute atomic E-state index is 5.99. The molecule has 0 unspecified atom stereocenters. The highest BCUT2D eigenvalue weighted by Crippen LogP contribution is 2.48. The average molecular weight is 422 g/mol. The number of ether oxygens (including phenoxy) is 1. The van der Waals surface area contributed by atoms with E-state index in [2.05, 4.69) is 79.7 Å². The predicted molar refractivity (Wildman–Crippen MR) is 124 cm³/mol. The largest absolute Gasteiger partial charge is 0.494 e. The Morgan fingerprint density at radius 3 is 1.93 bits per heavy atom. The van der Waals surface area contributed by atoms with Crippen LogP contribution in [0.3, 0.4) is 0 Å². The van der Waals surface area contributed by atoms with Gasteiger partial charge in [0.05, 0.1) is 16.4 Å². The highest BCUT2D eigenvalue weighted by atomic mass is 32.2. The van der Waals surface area contributed by atoms with Crippen molar-refractivity contribution in [1.82, 2.24) is 0 Å². The summed E-state index contributed by atoms with van der Waals surface area (Å²) in [6.45, 7) is 3.08. The number of benzene rings is 3. The van der Waals surface area contributed by atoms with Crippen LogP contribution in [-0.2, 0) is 10.9 Å². The zero-order valence-electron chi connectivity index (χ0n) is 17.1. The maximum atomic E-state index is 5.99. The van der Waals surface area contributed by atoms with Gasteiger partial charge in [0.2, 0.25) is 0 Å². The van der Waals surface area contributed by atoms with Crippen molar-refractivity contribution in [1.29, 1.82) is 0 Å². The summed E-state index contributed by atoms with van der Waals surface area (Å²) in [5.74, 6) is 0.985. The molecule has 1 heterocycles. The summed E-state index contributed by atoms with van der Waals surface area (Å²) in [5.41, 5.74) is 0. The predicted octanol–water partition coefficient (Wildman–Crippen LogP) is 7.99. The molecule has 1 nitrogen and oxygen atoms in total. The average Bonchev–Trinajstić information content (AvgIpc) is 2.77.